The molecule has 1 atom stereocenters. The number of nitrogen functional groups attached to an aromatic ring is 2. The number of hydrogen-bond acceptors (Lipinski definition) is 4. The molecular weight excluding hydrogens is 204 g/mol. The van der Waals surface area contributed by atoms with Gasteiger partial charge in [0.1, 0.15) is 0 Å². The molecule has 0 aliphatic heterocycles. The number of benzene rings is 1. The van der Waals surface area contributed by atoms with Crippen molar-refractivity contribution in [2.75, 3.05) is 11.5 Å². The van der Waals surface area contributed by atoms with E-state index in [9.17, 15) is 4.79 Å². The monoisotopic (exact) mass is 222 g/mol. The van der Waals surface area contributed by atoms with Gasteiger partial charge in [-0.2, -0.15) is 0 Å². The second-order valence-corrected chi connectivity index (χ2v) is 3.94. The quantitative estimate of drug-likeness (QED) is 0.606. The zero-order valence-corrected chi connectivity index (χ0v) is 9.91. The highest BCUT2D eigenvalue weighted by molar-refractivity contribution is 5.98. The summed E-state index contributed by atoms with van der Waals surface area (Å²) in [5.74, 6) is -0.415. The van der Waals surface area contributed by atoms with Gasteiger partial charge in [0.25, 0.3) is 0 Å². The zero-order chi connectivity index (χ0) is 12.3. The van der Waals surface area contributed by atoms with E-state index in [1.807, 2.05) is 20.8 Å². The molecule has 0 aromatic heterocycles. The van der Waals surface area contributed by atoms with Crippen molar-refractivity contribution in [3.63, 3.8) is 0 Å². The summed E-state index contributed by atoms with van der Waals surface area (Å²) >= 11 is 0. The number of esters is 1. The molecule has 0 aliphatic carbocycles. The molecule has 88 valence electrons. The van der Waals surface area contributed by atoms with Crippen molar-refractivity contribution in [2.45, 2.75) is 33.3 Å². The van der Waals surface area contributed by atoms with Crippen LogP contribution in [0.4, 0.5) is 11.4 Å². The molecule has 0 amide bonds. The normalized spacial score (nSPS) is 12.2. The number of rotatable bonds is 3. The topological polar surface area (TPSA) is 78.3 Å². The third-order valence-electron chi connectivity index (χ3n) is 2.46. The molecule has 0 saturated carbocycles. The van der Waals surface area contributed by atoms with Crippen molar-refractivity contribution in [3.05, 3.63) is 23.3 Å². The first-order valence-electron chi connectivity index (χ1n) is 5.32. The van der Waals surface area contributed by atoms with Gasteiger partial charge in [-0.25, -0.2) is 4.79 Å². The van der Waals surface area contributed by atoms with E-state index in [0.29, 0.717) is 16.9 Å². The van der Waals surface area contributed by atoms with Gasteiger partial charge < -0.3 is 16.2 Å². The van der Waals surface area contributed by atoms with Crippen LogP contribution in [0.3, 0.4) is 0 Å². The maximum absolute atomic E-state index is 11.8. The van der Waals surface area contributed by atoms with Crippen LogP contribution in [-0.4, -0.2) is 12.1 Å². The second-order valence-electron chi connectivity index (χ2n) is 3.94. The minimum atomic E-state index is -0.415. The molecule has 4 nitrogen and oxygen atoms in total. The highest BCUT2D eigenvalue weighted by Crippen LogP contribution is 2.23. The lowest BCUT2D eigenvalue weighted by molar-refractivity contribution is 0.0336. The SMILES string of the molecule is CCC(C)OC(=O)c1cc(C)cc(N)c1N. The van der Waals surface area contributed by atoms with Crippen LogP contribution in [0.2, 0.25) is 0 Å². The van der Waals surface area contributed by atoms with E-state index in [0.717, 1.165) is 12.0 Å². The summed E-state index contributed by atoms with van der Waals surface area (Å²) in [4.78, 5) is 11.8. The van der Waals surface area contributed by atoms with Crippen LogP contribution in [0, 0.1) is 6.92 Å². The third-order valence-corrected chi connectivity index (χ3v) is 2.46. The number of hydrogen-bond donors (Lipinski definition) is 2. The maximum Gasteiger partial charge on any atom is 0.340 e. The Balaban J connectivity index is 2.99. The molecule has 1 aromatic rings. The van der Waals surface area contributed by atoms with Crippen molar-refractivity contribution in [2.24, 2.45) is 0 Å². The van der Waals surface area contributed by atoms with E-state index >= 15 is 0 Å². The van der Waals surface area contributed by atoms with Gasteiger partial charge >= 0.3 is 5.97 Å². The molecule has 16 heavy (non-hydrogen) atoms. The smallest absolute Gasteiger partial charge is 0.340 e. The van der Waals surface area contributed by atoms with Crippen molar-refractivity contribution in [1.82, 2.24) is 0 Å². The van der Waals surface area contributed by atoms with Gasteiger partial charge in [0.05, 0.1) is 23.0 Å². The molecule has 0 saturated heterocycles. The van der Waals surface area contributed by atoms with Crippen LogP contribution >= 0.6 is 0 Å². The van der Waals surface area contributed by atoms with E-state index in [2.05, 4.69) is 0 Å². The lowest BCUT2D eigenvalue weighted by Crippen LogP contribution is -2.16. The van der Waals surface area contributed by atoms with E-state index in [4.69, 9.17) is 16.2 Å². The van der Waals surface area contributed by atoms with E-state index < -0.39 is 5.97 Å². The van der Waals surface area contributed by atoms with Gasteiger partial charge in [-0.3, -0.25) is 0 Å². The van der Waals surface area contributed by atoms with Crippen LogP contribution in [-0.2, 0) is 4.74 Å². The standard InChI is InChI=1S/C12H18N2O2/c1-4-8(3)16-12(15)9-5-7(2)6-10(13)11(9)14/h5-6,8H,4,13-14H2,1-3H3. The number of anilines is 2. The zero-order valence-electron chi connectivity index (χ0n) is 9.91. The van der Waals surface area contributed by atoms with Gasteiger partial charge in [-0.1, -0.05) is 6.92 Å². The summed E-state index contributed by atoms with van der Waals surface area (Å²) < 4.78 is 5.20. The molecule has 4 heteroatoms. The maximum atomic E-state index is 11.8. The van der Waals surface area contributed by atoms with Crippen molar-refractivity contribution >= 4 is 17.3 Å². The molecule has 0 aliphatic rings. The van der Waals surface area contributed by atoms with E-state index in [1.54, 1.807) is 12.1 Å². The lowest BCUT2D eigenvalue weighted by atomic mass is 10.1. The average molecular weight is 222 g/mol. The molecule has 0 spiro atoms. The third kappa shape index (κ3) is 2.66. The first-order chi connectivity index (χ1) is 7.45. The predicted molar refractivity (Wildman–Crippen MR) is 65.2 cm³/mol. The molecule has 0 radical (unpaired) electrons. The van der Waals surface area contributed by atoms with E-state index in [-0.39, 0.29) is 6.10 Å². The van der Waals surface area contributed by atoms with Crippen LogP contribution in [0.25, 0.3) is 0 Å². The highest BCUT2D eigenvalue weighted by atomic mass is 16.5. The number of carbonyl (C=O) groups excluding carboxylic acids is 1. The Hall–Kier alpha value is -1.71. The van der Waals surface area contributed by atoms with Crippen LogP contribution in [0.15, 0.2) is 12.1 Å². The Kier molecular flexibility index (Phi) is 3.77. The number of nitrogens with two attached hydrogens (primary N) is 2. The van der Waals surface area contributed by atoms with Gasteiger partial charge in [0.15, 0.2) is 0 Å². The van der Waals surface area contributed by atoms with Gasteiger partial charge in [0.2, 0.25) is 0 Å². The Labute approximate surface area is 95.6 Å². The van der Waals surface area contributed by atoms with Crippen LogP contribution in [0.1, 0.15) is 36.2 Å². The van der Waals surface area contributed by atoms with Crippen LogP contribution < -0.4 is 11.5 Å². The van der Waals surface area contributed by atoms with Crippen LogP contribution in [0.5, 0.6) is 0 Å². The Bertz CT molecular complexity index is 402. The van der Waals surface area contributed by atoms with Crippen molar-refractivity contribution in [1.29, 1.82) is 0 Å². The first-order valence-corrected chi connectivity index (χ1v) is 5.32. The minimum absolute atomic E-state index is 0.117. The summed E-state index contributed by atoms with van der Waals surface area (Å²) in [6.45, 7) is 5.65. The Morgan fingerprint density at radius 3 is 2.62 bits per heavy atom. The summed E-state index contributed by atoms with van der Waals surface area (Å²) in [5.41, 5.74) is 13.4. The lowest BCUT2D eigenvalue weighted by Gasteiger charge is -2.13. The van der Waals surface area contributed by atoms with Gasteiger partial charge in [0, 0.05) is 0 Å². The predicted octanol–water partition coefficient (Wildman–Crippen LogP) is 2.11. The Morgan fingerprint density at radius 1 is 1.44 bits per heavy atom. The molecule has 0 fully saturated rings. The number of aryl methyl sites for hydroxylation is 1. The fraction of sp³-hybridized carbons (Fsp3) is 0.417. The molecule has 1 unspecified atom stereocenters. The minimum Gasteiger partial charge on any atom is -0.459 e. The molecule has 1 rings (SSSR count). The van der Waals surface area contributed by atoms with Crippen molar-refractivity contribution < 1.29 is 9.53 Å². The average Bonchev–Trinajstić information content (AvgIpc) is 2.22. The summed E-state index contributed by atoms with van der Waals surface area (Å²) in [5, 5.41) is 0. The number of ether oxygens (including phenoxy) is 1. The fourth-order valence-corrected chi connectivity index (χ4v) is 1.32. The molecule has 4 N–H and O–H groups in total. The summed E-state index contributed by atoms with van der Waals surface area (Å²) in [7, 11) is 0. The van der Waals surface area contributed by atoms with Gasteiger partial charge in [-0.05, 0) is 38.0 Å². The van der Waals surface area contributed by atoms with Gasteiger partial charge in [-0.15, -0.1) is 0 Å². The highest BCUT2D eigenvalue weighted by Gasteiger charge is 2.15. The van der Waals surface area contributed by atoms with Crippen molar-refractivity contribution in [3.8, 4) is 0 Å². The fourth-order valence-electron chi connectivity index (χ4n) is 1.32. The molecule has 0 bridgehead atoms. The first kappa shape index (κ1) is 12.4. The van der Waals surface area contributed by atoms with E-state index in [1.165, 1.54) is 0 Å². The largest absolute Gasteiger partial charge is 0.459 e. The number of carbonyl (C=O) groups is 1. The molecule has 0 heterocycles. The summed E-state index contributed by atoms with van der Waals surface area (Å²) in [6, 6.07) is 3.42. The molecule has 1 aromatic carbocycles. The second kappa shape index (κ2) is 4.88. The molecular formula is C12H18N2O2. The summed E-state index contributed by atoms with van der Waals surface area (Å²) in [6.07, 6.45) is 0.654. The Morgan fingerprint density at radius 2 is 2.06 bits per heavy atom.